The van der Waals surface area contributed by atoms with Gasteiger partial charge in [0.15, 0.2) is 5.82 Å². The van der Waals surface area contributed by atoms with Gasteiger partial charge in [0, 0.05) is 24.2 Å². The number of rotatable bonds is 3. The normalized spacial score (nSPS) is 22.3. The Labute approximate surface area is 168 Å². The minimum atomic E-state index is -4.67. The molecule has 0 saturated carbocycles. The Morgan fingerprint density at radius 1 is 1.20 bits per heavy atom. The first kappa shape index (κ1) is 20.7. The Balaban J connectivity index is 1.71. The van der Waals surface area contributed by atoms with E-state index in [9.17, 15) is 27.1 Å². The highest BCUT2D eigenvalue weighted by atomic mass is 19.4. The second kappa shape index (κ2) is 7.95. The first-order valence-electron chi connectivity index (χ1n) is 9.41. The predicted molar refractivity (Wildman–Crippen MR) is 97.5 cm³/mol. The molecule has 4 rings (SSSR count). The molecule has 2 atom stereocenters. The third kappa shape index (κ3) is 3.91. The zero-order chi connectivity index (χ0) is 21.5. The van der Waals surface area contributed by atoms with Crippen molar-refractivity contribution in [2.24, 2.45) is 0 Å². The fourth-order valence-corrected chi connectivity index (χ4v) is 3.90. The zero-order valence-electron chi connectivity index (χ0n) is 15.7. The number of phenols is 1. The number of ether oxygens (including phenoxy) is 1. The molecule has 0 spiro atoms. The van der Waals surface area contributed by atoms with E-state index >= 15 is 0 Å². The van der Waals surface area contributed by atoms with Crippen molar-refractivity contribution in [2.45, 2.75) is 31.2 Å². The van der Waals surface area contributed by atoms with Crippen LogP contribution in [0.4, 0.5) is 27.8 Å². The fraction of sp³-hybridized carbons (Fsp3) is 0.474. The average molecular weight is 430 g/mol. The standard InChI is InChI=1S/C19H19F5N4O2/c20-18(21)12-8-16(28-5-6-30-15-3-4-25-9-13(15)28)26-27-17(12)11-2-1-10(7-14(11)29)19(22,23)24/h1-2,7-8,13,15,18,25,29H,3-6,9H2/t13-,15+/m0/s1. The number of halogens is 5. The molecule has 1 aromatic carbocycles. The minimum absolute atomic E-state index is 0.0459. The largest absolute Gasteiger partial charge is 0.507 e. The SMILES string of the molecule is Oc1cc(C(F)(F)F)ccc1-c1nnc(N2CCO[C@@H]3CCNC[C@@H]32)cc1C(F)F. The van der Waals surface area contributed by atoms with Crippen LogP contribution < -0.4 is 10.2 Å². The molecule has 11 heteroatoms. The minimum Gasteiger partial charge on any atom is -0.507 e. The summed E-state index contributed by atoms with van der Waals surface area (Å²) in [7, 11) is 0. The van der Waals surface area contributed by atoms with E-state index in [4.69, 9.17) is 4.74 Å². The number of piperidine rings is 1. The lowest BCUT2D eigenvalue weighted by Gasteiger charge is -2.44. The van der Waals surface area contributed by atoms with E-state index in [0.29, 0.717) is 31.8 Å². The lowest BCUT2D eigenvalue weighted by molar-refractivity contribution is -0.137. The summed E-state index contributed by atoms with van der Waals surface area (Å²) in [5.74, 6) is -0.556. The molecular weight excluding hydrogens is 411 g/mol. The topological polar surface area (TPSA) is 70.5 Å². The van der Waals surface area contributed by atoms with Gasteiger partial charge in [0.25, 0.3) is 6.43 Å². The molecule has 2 N–H and O–H groups in total. The average Bonchev–Trinajstić information content (AvgIpc) is 2.72. The molecule has 30 heavy (non-hydrogen) atoms. The lowest BCUT2D eigenvalue weighted by Crippen LogP contribution is -2.59. The number of hydrogen-bond donors (Lipinski definition) is 2. The number of morpholine rings is 1. The maximum Gasteiger partial charge on any atom is 0.416 e. The predicted octanol–water partition coefficient (Wildman–Crippen LogP) is 3.37. The Morgan fingerprint density at radius 2 is 2.00 bits per heavy atom. The summed E-state index contributed by atoms with van der Waals surface area (Å²) in [6, 6.07) is 3.21. The molecule has 2 fully saturated rings. The number of hydrogen-bond acceptors (Lipinski definition) is 6. The Morgan fingerprint density at radius 3 is 2.70 bits per heavy atom. The Bertz CT molecular complexity index is 922. The van der Waals surface area contributed by atoms with Crippen LogP contribution in [-0.4, -0.2) is 53.7 Å². The number of phenolic OH excluding ortho intramolecular Hbond substituents is 1. The Hall–Kier alpha value is -2.53. The highest BCUT2D eigenvalue weighted by Crippen LogP contribution is 2.39. The molecule has 6 nitrogen and oxygen atoms in total. The molecule has 0 amide bonds. The van der Waals surface area contributed by atoms with Gasteiger partial charge >= 0.3 is 6.18 Å². The van der Waals surface area contributed by atoms with Crippen LogP contribution in [0, 0.1) is 0 Å². The van der Waals surface area contributed by atoms with Crippen LogP contribution in [0.5, 0.6) is 5.75 Å². The van der Waals surface area contributed by atoms with Crippen molar-refractivity contribution < 1.29 is 31.8 Å². The van der Waals surface area contributed by atoms with E-state index < -0.39 is 29.5 Å². The van der Waals surface area contributed by atoms with Gasteiger partial charge in [-0.3, -0.25) is 0 Å². The molecule has 2 aliphatic heterocycles. The molecular formula is C19H19F5N4O2. The van der Waals surface area contributed by atoms with E-state index in [-0.39, 0.29) is 29.2 Å². The van der Waals surface area contributed by atoms with Crippen LogP contribution >= 0.6 is 0 Å². The first-order chi connectivity index (χ1) is 14.3. The zero-order valence-corrected chi connectivity index (χ0v) is 15.7. The van der Waals surface area contributed by atoms with Gasteiger partial charge < -0.3 is 20.1 Å². The third-order valence-electron chi connectivity index (χ3n) is 5.37. The number of benzene rings is 1. The highest BCUT2D eigenvalue weighted by molar-refractivity contribution is 5.71. The Kier molecular flexibility index (Phi) is 5.49. The molecule has 0 bridgehead atoms. The van der Waals surface area contributed by atoms with Gasteiger partial charge in [-0.1, -0.05) is 0 Å². The van der Waals surface area contributed by atoms with Crippen molar-refractivity contribution >= 4 is 5.82 Å². The summed E-state index contributed by atoms with van der Waals surface area (Å²) >= 11 is 0. The van der Waals surface area contributed by atoms with E-state index in [1.165, 1.54) is 6.07 Å². The van der Waals surface area contributed by atoms with Crippen LogP contribution in [0.15, 0.2) is 24.3 Å². The molecule has 2 saturated heterocycles. The van der Waals surface area contributed by atoms with Crippen molar-refractivity contribution in [3.63, 3.8) is 0 Å². The molecule has 0 unspecified atom stereocenters. The second-order valence-electron chi connectivity index (χ2n) is 7.20. The van der Waals surface area contributed by atoms with Gasteiger partial charge in [-0.05, 0) is 37.2 Å². The summed E-state index contributed by atoms with van der Waals surface area (Å²) in [5.41, 5.74) is -2.19. The maximum absolute atomic E-state index is 13.8. The smallest absolute Gasteiger partial charge is 0.416 e. The van der Waals surface area contributed by atoms with Gasteiger partial charge in [0.05, 0.1) is 24.3 Å². The van der Waals surface area contributed by atoms with Crippen molar-refractivity contribution in [1.82, 2.24) is 15.5 Å². The molecule has 0 radical (unpaired) electrons. The number of nitrogens with zero attached hydrogens (tertiary/aromatic N) is 3. The van der Waals surface area contributed by atoms with E-state index in [2.05, 4.69) is 15.5 Å². The monoisotopic (exact) mass is 430 g/mol. The van der Waals surface area contributed by atoms with Crippen molar-refractivity contribution in [1.29, 1.82) is 0 Å². The van der Waals surface area contributed by atoms with Gasteiger partial charge in [0.2, 0.25) is 0 Å². The highest BCUT2D eigenvalue weighted by Gasteiger charge is 2.36. The molecule has 2 aromatic rings. The summed E-state index contributed by atoms with van der Waals surface area (Å²) in [4.78, 5) is 1.86. The van der Waals surface area contributed by atoms with Gasteiger partial charge in [-0.2, -0.15) is 13.2 Å². The summed E-state index contributed by atoms with van der Waals surface area (Å²) in [5, 5.41) is 21.2. The van der Waals surface area contributed by atoms with E-state index in [1.807, 2.05) is 4.90 Å². The summed E-state index contributed by atoms with van der Waals surface area (Å²) in [6.07, 6.45) is -6.89. The van der Waals surface area contributed by atoms with Crippen LogP contribution in [0.1, 0.15) is 24.0 Å². The van der Waals surface area contributed by atoms with Gasteiger partial charge in [0.1, 0.15) is 11.4 Å². The molecule has 1 aromatic heterocycles. The lowest BCUT2D eigenvalue weighted by atomic mass is 9.99. The van der Waals surface area contributed by atoms with E-state index in [1.54, 1.807) is 0 Å². The fourth-order valence-electron chi connectivity index (χ4n) is 3.90. The van der Waals surface area contributed by atoms with Gasteiger partial charge in [-0.25, -0.2) is 8.78 Å². The van der Waals surface area contributed by atoms with Crippen molar-refractivity contribution in [3.05, 3.63) is 35.4 Å². The molecule has 3 heterocycles. The van der Waals surface area contributed by atoms with Crippen LogP contribution in [0.3, 0.4) is 0 Å². The number of fused-ring (bicyclic) bond motifs is 1. The maximum atomic E-state index is 13.8. The quantitative estimate of drug-likeness (QED) is 0.728. The summed E-state index contributed by atoms with van der Waals surface area (Å²) in [6.45, 7) is 2.28. The number of anilines is 1. The number of aromatic hydroxyl groups is 1. The number of aromatic nitrogens is 2. The number of nitrogens with one attached hydrogen (secondary N) is 1. The summed E-state index contributed by atoms with van der Waals surface area (Å²) < 4.78 is 71.8. The third-order valence-corrected chi connectivity index (χ3v) is 5.37. The van der Waals surface area contributed by atoms with Crippen molar-refractivity contribution in [2.75, 3.05) is 31.1 Å². The van der Waals surface area contributed by atoms with Gasteiger partial charge in [-0.15, -0.1) is 10.2 Å². The molecule has 2 aliphatic rings. The van der Waals surface area contributed by atoms with Crippen LogP contribution in [-0.2, 0) is 10.9 Å². The van der Waals surface area contributed by atoms with E-state index in [0.717, 1.165) is 19.0 Å². The number of alkyl halides is 5. The first-order valence-corrected chi connectivity index (χ1v) is 9.41. The van der Waals surface area contributed by atoms with Crippen molar-refractivity contribution in [3.8, 4) is 17.0 Å². The van der Waals surface area contributed by atoms with Crippen LogP contribution in [0.25, 0.3) is 11.3 Å². The molecule has 162 valence electrons. The second-order valence-corrected chi connectivity index (χ2v) is 7.20. The van der Waals surface area contributed by atoms with Crippen LogP contribution in [0.2, 0.25) is 0 Å². The molecule has 0 aliphatic carbocycles.